The molecule has 0 aromatic carbocycles. The molecular weight excluding hydrogens is 252 g/mol. The predicted octanol–water partition coefficient (Wildman–Crippen LogP) is 2.34. The van der Waals surface area contributed by atoms with Gasteiger partial charge < -0.3 is 9.22 Å². The second kappa shape index (κ2) is 4.73. The molecule has 3 atom stereocenters. The van der Waals surface area contributed by atoms with Crippen molar-refractivity contribution in [1.29, 1.82) is 5.26 Å². The van der Waals surface area contributed by atoms with Gasteiger partial charge in [0.05, 0.1) is 14.1 Å². The van der Waals surface area contributed by atoms with Crippen LogP contribution in [0, 0.1) is 28.1 Å². The molecule has 0 aliphatic heterocycles. The van der Waals surface area contributed by atoms with Gasteiger partial charge in [0.1, 0.15) is 12.2 Å². The molecule has 112 valence electrons. The number of carbonyl (C=O) groups excluding carboxylic acids is 1. The molecular formula is C16H27N2O2+. The molecule has 2 rings (SSSR count). The zero-order valence-electron chi connectivity index (χ0n) is 13.4. The summed E-state index contributed by atoms with van der Waals surface area (Å²) in [6, 6.07) is 2.12. The highest BCUT2D eigenvalue weighted by Gasteiger charge is 2.62. The van der Waals surface area contributed by atoms with E-state index in [1.165, 1.54) is 6.42 Å². The average Bonchev–Trinajstić information content (AvgIpc) is 2.60. The number of carbonyl (C=O) groups is 1. The molecule has 2 fully saturated rings. The van der Waals surface area contributed by atoms with Crippen LogP contribution in [-0.4, -0.2) is 43.7 Å². The van der Waals surface area contributed by atoms with Crippen LogP contribution in [0.3, 0.4) is 0 Å². The number of fused-ring (bicyclic) bond motifs is 2. The first-order valence-electron chi connectivity index (χ1n) is 7.51. The highest BCUT2D eigenvalue weighted by molar-refractivity contribution is 5.71. The fraction of sp³-hybridized carbons (Fsp3) is 0.875. The number of hydrogen-bond acceptors (Lipinski definition) is 3. The van der Waals surface area contributed by atoms with Crippen molar-refractivity contribution in [3.05, 3.63) is 0 Å². The standard InChI is InChI=1S/C16H27N2O2/c1-15(2)12-6-7-16(15,3)13(10-12)20-14(19)11-18(4,5)9-8-17/h12-13H,6-7,9-11H2,1-5H3/q+1/t12-,13+,16+/m0/s1. The topological polar surface area (TPSA) is 50.1 Å². The van der Waals surface area contributed by atoms with E-state index in [2.05, 4.69) is 26.8 Å². The molecule has 0 N–H and O–H groups in total. The summed E-state index contributed by atoms with van der Waals surface area (Å²) < 4.78 is 6.17. The molecule has 0 spiro atoms. The Morgan fingerprint density at radius 2 is 2.05 bits per heavy atom. The zero-order valence-corrected chi connectivity index (χ0v) is 13.4. The summed E-state index contributed by atoms with van der Waals surface area (Å²) in [4.78, 5) is 12.2. The number of hydrogen-bond donors (Lipinski definition) is 0. The first-order chi connectivity index (χ1) is 9.12. The number of quaternary nitrogens is 1. The third-order valence-corrected chi connectivity index (χ3v) is 6.04. The summed E-state index contributed by atoms with van der Waals surface area (Å²) in [5.41, 5.74) is 0.370. The monoisotopic (exact) mass is 279 g/mol. The number of ether oxygens (including phenoxy) is 1. The van der Waals surface area contributed by atoms with Crippen molar-refractivity contribution < 1.29 is 14.0 Å². The third kappa shape index (κ3) is 2.33. The third-order valence-electron chi connectivity index (χ3n) is 6.04. The fourth-order valence-electron chi connectivity index (χ4n) is 4.10. The number of nitriles is 1. The molecule has 2 aliphatic rings. The first kappa shape index (κ1) is 15.3. The lowest BCUT2D eigenvalue weighted by atomic mass is 9.70. The number of esters is 1. The summed E-state index contributed by atoms with van der Waals surface area (Å²) in [5, 5.41) is 8.78. The Hall–Kier alpha value is -1.08. The molecule has 0 aromatic heterocycles. The second-order valence-corrected chi connectivity index (χ2v) is 8.00. The lowest BCUT2D eigenvalue weighted by molar-refractivity contribution is -0.876. The Balaban J connectivity index is 1.99. The quantitative estimate of drug-likeness (QED) is 0.451. The second-order valence-electron chi connectivity index (χ2n) is 8.00. The van der Waals surface area contributed by atoms with Crippen molar-refractivity contribution >= 4 is 5.97 Å². The van der Waals surface area contributed by atoms with Crippen LogP contribution in [0.25, 0.3) is 0 Å². The van der Waals surface area contributed by atoms with Gasteiger partial charge >= 0.3 is 5.97 Å². The van der Waals surface area contributed by atoms with E-state index in [0.29, 0.717) is 16.9 Å². The Labute approximate surface area is 122 Å². The van der Waals surface area contributed by atoms with E-state index in [-0.39, 0.29) is 29.4 Å². The molecule has 0 amide bonds. The average molecular weight is 279 g/mol. The van der Waals surface area contributed by atoms with Crippen LogP contribution in [0.5, 0.6) is 0 Å². The Kier molecular flexibility index (Phi) is 3.62. The van der Waals surface area contributed by atoms with E-state index in [0.717, 1.165) is 12.8 Å². The van der Waals surface area contributed by atoms with Crippen LogP contribution in [0.15, 0.2) is 0 Å². The van der Waals surface area contributed by atoms with Crippen LogP contribution < -0.4 is 0 Å². The highest BCUT2D eigenvalue weighted by atomic mass is 16.5. The van der Waals surface area contributed by atoms with Crippen molar-refractivity contribution in [2.24, 2.45) is 16.7 Å². The Morgan fingerprint density at radius 3 is 2.50 bits per heavy atom. The van der Waals surface area contributed by atoms with Crippen molar-refractivity contribution in [2.45, 2.75) is 46.1 Å². The van der Waals surface area contributed by atoms with Crippen LogP contribution in [0.2, 0.25) is 0 Å². The van der Waals surface area contributed by atoms with Gasteiger partial charge in [-0.3, -0.25) is 0 Å². The highest BCUT2D eigenvalue weighted by Crippen LogP contribution is 2.66. The molecule has 0 heterocycles. The summed E-state index contributed by atoms with van der Waals surface area (Å²) in [7, 11) is 3.77. The van der Waals surface area contributed by atoms with Gasteiger partial charge in [-0.15, -0.1) is 0 Å². The first-order valence-corrected chi connectivity index (χ1v) is 7.51. The lowest BCUT2D eigenvalue weighted by Crippen LogP contribution is -2.46. The smallest absolute Gasteiger partial charge is 0.362 e. The number of likely N-dealkylation sites (N-methyl/N-ethyl adjacent to an activating group) is 1. The molecule has 0 unspecified atom stereocenters. The maximum atomic E-state index is 12.2. The van der Waals surface area contributed by atoms with Gasteiger partial charge in [0.25, 0.3) is 0 Å². The van der Waals surface area contributed by atoms with Crippen molar-refractivity contribution in [3.63, 3.8) is 0 Å². The predicted molar refractivity (Wildman–Crippen MR) is 76.6 cm³/mol. The molecule has 4 nitrogen and oxygen atoms in total. The van der Waals surface area contributed by atoms with Gasteiger partial charge in [-0.1, -0.05) is 20.8 Å². The molecule has 0 radical (unpaired) electrons. The van der Waals surface area contributed by atoms with Crippen LogP contribution in [0.1, 0.15) is 40.0 Å². The van der Waals surface area contributed by atoms with Gasteiger partial charge in [0.15, 0.2) is 13.1 Å². The summed E-state index contributed by atoms with van der Waals surface area (Å²) in [6.07, 6.45) is 3.46. The lowest BCUT2D eigenvalue weighted by Gasteiger charge is -2.38. The molecule has 2 saturated carbocycles. The maximum Gasteiger partial charge on any atom is 0.362 e. The summed E-state index contributed by atoms with van der Waals surface area (Å²) >= 11 is 0. The Bertz CT molecular complexity index is 450. The minimum absolute atomic E-state index is 0.0471. The van der Waals surface area contributed by atoms with Crippen LogP contribution in [-0.2, 0) is 9.53 Å². The van der Waals surface area contributed by atoms with Gasteiger partial charge in [-0.2, -0.15) is 5.26 Å². The van der Waals surface area contributed by atoms with Crippen molar-refractivity contribution in [3.8, 4) is 6.07 Å². The van der Waals surface area contributed by atoms with E-state index in [9.17, 15) is 4.79 Å². The molecule has 0 aromatic rings. The normalized spacial score (nSPS) is 34.8. The SMILES string of the molecule is CC1(C)[C@H]2CC[C@]1(C)[C@H](OC(=O)C[N+](C)(C)CC#N)C2. The minimum atomic E-state index is -0.167. The van der Waals surface area contributed by atoms with Gasteiger partial charge in [-0.05, 0) is 30.6 Å². The van der Waals surface area contributed by atoms with Gasteiger partial charge in [0.2, 0.25) is 0 Å². The van der Waals surface area contributed by atoms with Crippen molar-refractivity contribution in [1.82, 2.24) is 0 Å². The molecule has 0 saturated heterocycles. The number of nitrogens with zero attached hydrogens (tertiary/aromatic N) is 2. The van der Waals surface area contributed by atoms with Crippen LogP contribution >= 0.6 is 0 Å². The van der Waals surface area contributed by atoms with Gasteiger partial charge in [-0.25, -0.2) is 4.79 Å². The van der Waals surface area contributed by atoms with Crippen molar-refractivity contribution in [2.75, 3.05) is 27.2 Å². The van der Waals surface area contributed by atoms with E-state index < -0.39 is 0 Å². The largest absolute Gasteiger partial charge is 0.458 e. The molecule has 20 heavy (non-hydrogen) atoms. The van der Waals surface area contributed by atoms with E-state index in [4.69, 9.17) is 10.00 Å². The molecule has 4 heteroatoms. The maximum absolute atomic E-state index is 12.2. The minimum Gasteiger partial charge on any atom is -0.458 e. The summed E-state index contributed by atoms with van der Waals surface area (Å²) in [5.74, 6) is 0.506. The molecule has 2 bridgehead atoms. The van der Waals surface area contributed by atoms with Crippen LogP contribution in [0.4, 0.5) is 0 Å². The molecule has 2 aliphatic carbocycles. The van der Waals surface area contributed by atoms with Gasteiger partial charge in [0, 0.05) is 5.41 Å². The number of rotatable bonds is 4. The Morgan fingerprint density at radius 1 is 1.40 bits per heavy atom. The van der Waals surface area contributed by atoms with E-state index in [1.807, 2.05) is 14.1 Å². The zero-order chi connectivity index (χ0) is 15.2. The summed E-state index contributed by atoms with van der Waals surface area (Å²) in [6.45, 7) is 7.49. The fourth-order valence-corrected chi connectivity index (χ4v) is 4.10. The van der Waals surface area contributed by atoms with E-state index in [1.54, 1.807) is 0 Å². The van der Waals surface area contributed by atoms with E-state index >= 15 is 0 Å².